The lowest BCUT2D eigenvalue weighted by molar-refractivity contribution is -0.139. The van der Waals surface area contributed by atoms with Gasteiger partial charge in [-0.15, -0.1) is 0 Å². The minimum atomic E-state index is -0.616. The Morgan fingerprint density at radius 1 is 0.685 bits per heavy atom. The van der Waals surface area contributed by atoms with Gasteiger partial charge in [0, 0.05) is 69.7 Å². The summed E-state index contributed by atoms with van der Waals surface area (Å²) in [4.78, 5) is 71.9. The topological polar surface area (TPSA) is 193 Å². The molecule has 2 unspecified atom stereocenters. The maximum absolute atomic E-state index is 13.1. The summed E-state index contributed by atoms with van der Waals surface area (Å²) in [5, 5.41) is 26.6. The van der Waals surface area contributed by atoms with E-state index in [1.54, 1.807) is 74.5 Å². The second-order valence-electron chi connectivity index (χ2n) is 12.9. The molecule has 0 aliphatic heterocycles. The first-order valence-corrected chi connectivity index (χ1v) is 17.5. The van der Waals surface area contributed by atoms with Gasteiger partial charge in [-0.2, -0.15) is 0 Å². The highest BCUT2D eigenvalue weighted by Crippen LogP contribution is 2.37. The fourth-order valence-electron chi connectivity index (χ4n) is 6.54. The summed E-state index contributed by atoms with van der Waals surface area (Å²) in [5.74, 6) is -2.52. The van der Waals surface area contributed by atoms with Crippen LogP contribution in [0, 0.1) is 11.8 Å². The van der Waals surface area contributed by atoms with Crippen molar-refractivity contribution in [2.24, 2.45) is 21.8 Å². The molecule has 54 heavy (non-hydrogen) atoms. The molecule has 4 aliphatic rings. The number of carbonyl (C=O) groups excluding carboxylic acids is 5. The second-order valence-corrected chi connectivity index (χ2v) is 12.9. The van der Waals surface area contributed by atoms with Gasteiger partial charge in [-0.3, -0.25) is 9.59 Å². The summed E-state index contributed by atoms with van der Waals surface area (Å²) in [7, 11) is 0. The number of fused-ring (bicyclic) bond motifs is 2. The minimum absolute atomic E-state index is 0.0390. The molecule has 13 heteroatoms. The molecule has 0 saturated heterocycles. The van der Waals surface area contributed by atoms with Gasteiger partial charge >= 0.3 is 18.0 Å². The predicted molar refractivity (Wildman–Crippen MR) is 202 cm³/mol. The molecular weight excluding hydrogens is 692 g/mol. The lowest BCUT2D eigenvalue weighted by atomic mass is 9.80. The van der Waals surface area contributed by atoms with Gasteiger partial charge in [-0.05, 0) is 98.5 Å². The number of nitrogens with one attached hydrogen (secondary N) is 2. The summed E-state index contributed by atoms with van der Waals surface area (Å²) in [6.07, 6.45) is 11.0. The van der Waals surface area contributed by atoms with E-state index in [1.807, 2.05) is 0 Å². The molecule has 0 fully saturated rings. The zero-order chi connectivity index (χ0) is 38.4. The zero-order valence-electron chi connectivity index (χ0n) is 29.6. The predicted octanol–water partition coefficient (Wildman–Crippen LogP) is 7.06. The number of ether oxygens (including phenoxy) is 2. The van der Waals surface area contributed by atoms with Crippen LogP contribution < -0.4 is 10.6 Å². The Hall–Kier alpha value is -6.63. The van der Waals surface area contributed by atoms with Crippen LogP contribution in [0.4, 0.5) is 16.2 Å². The molecule has 0 saturated carbocycles. The summed E-state index contributed by atoms with van der Waals surface area (Å²) >= 11 is 0. The fourth-order valence-corrected chi connectivity index (χ4v) is 6.54. The fraction of sp³-hybridized carbons (Fsp3) is 0.244. The number of amides is 4. The Balaban J connectivity index is 1.07. The molecule has 13 nitrogen and oxygen atoms in total. The van der Waals surface area contributed by atoms with E-state index in [9.17, 15) is 34.2 Å². The Labute approximate surface area is 310 Å². The molecule has 0 spiro atoms. The third-order valence-electron chi connectivity index (χ3n) is 9.14. The van der Waals surface area contributed by atoms with E-state index in [0.29, 0.717) is 57.9 Å². The van der Waals surface area contributed by atoms with Gasteiger partial charge in [-0.1, -0.05) is 24.3 Å². The van der Waals surface area contributed by atoms with Crippen LogP contribution in [0.25, 0.3) is 0 Å². The second kappa shape index (κ2) is 16.4. The number of hydrogen-bond acceptors (Lipinski definition) is 9. The van der Waals surface area contributed by atoms with Crippen LogP contribution in [0.1, 0.15) is 60.2 Å². The van der Waals surface area contributed by atoms with Crippen LogP contribution in [0.3, 0.4) is 0 Å². The van der Waals surface area contributed by atoms with Crippen molar-refractivity contribution in [1.29, 1.82) is 0 Å². The number of hydrogen-bond donors (Lipinski definition) is 4. The summed E-state index contributed by atoms with van der Waals surface area (Å²) in [6, 6.07) is 11.9. The number of urea groups is 1. The molecular formula is C41H38N4O9. The number of benzene rings is 2. The number of anilines is 2. The monoisotopic (exact) mass is 730 g/mol. The van der Waals surface area contributed by atoms with Gasteiger partial charge < -0.3 is 30.3 Å². The van der Waals surface area contributed by atoms with Gasteiger partial charge in [0.1, 0.15) is 11.5 Å². The largest absolute Gasteiger partial charge is 0.508 e. The van der Waals surface area contributed by atoms with E-state index < -0.39 is 29.8 Å². The molecule has 2 aromatic rings. The van der Waals surface area contributed by atoms with Crippen LogP contribution in [-0.2, 0) is 19.1 Å². The van der Waals surface area contributed by atoms with Crippen molar-refractivity contribution in [2.75, 3.05) is 23.8 Å². The standard InChI is InChI=1S/C41H38N4O9/c1-3-53-39(50)27-15-23-11-13-31(21-33(23)35(46)19-27)42-37(48)25-7-5-9-29(17-25)44-41(52)45-30-10-6-8-26(18-30)38(49)43-32-14-12-24-16-28(40(51)54-4-2)20-36(47)34(24)22-32/h5-14,17-20,23-24,46-47H,3-4,15-16,21-22H2,1-2H3,(H2,44,45,52). The molecule has 0 aromatic heterocycles. The first-order valence-electron chi connectivity index (χ1n) is 17.5. The molecule has 2 atom stereocenters. The van der Waals surface area contributed by atoms with Gasteiger partial charge in [0.2, 0.25) is 0 Å². The SMILES string of the molecule is CCOC(=O)C1=CC(O)=C2CC(=NC(=O)c3cccc(NC(=O)Nc4cccc(C(=O)N=C5C=CC6CC(C(=O)OCC)=CC(O)=C6C5)c4)c3)C=CC2C1. The van der Waals surface area contributed by atoms with Crippen molar-refractivity contribution in [3.05, 3.63) is 130 Å². The highest BCUT2D eigenvalue weighted by atomic mass is 16.5. The molecule has 4 amide bonds. The summed E-state index contributed by atoms with van der Waals surface area (Å²) < 4.78 is 10.1. The van der Waals surface area contributed by atoms with Crippen LogP contribution >= 0.6 is 0 Å². The van der Waals surface area contributed by atoms with E-state index in [0.717, 1.165) is 0 Å². The lowest BCUT2D eigenvalue weighted by Gasteiger charge is -2.26. The molecule has 0 bridgehead atoms. The Morgan fingerprint density at radius 3 is 1.52 bits per heavy atom. The zero-order valence-corrected chi connectivity index (χ0v) is 29.6. The number of esters is 2. The number of allylic oxidation sites excluding steroid dienone is 8. The number of aliphatic imine (C=N–C) groups is 2. The van der Waals surface area contributed by atoms with Gasteiger partial charge in [-0.25, -0.2) is 24.4 Å². The molecule has 6 rings (SSSR count). The van der Waals surface area contributed by atoms with Gasteiger partial charge in [0.05, 0.1) is 13.2 Å². The Kier molecular flexibility index (Phi) is 11.3. The Morgan fingerprint density at radius 2 is 1.11 bits per heavy atom. The van der Waals surface area contributed by atoms with E-state index in [-0.39, 0.29) is 60.5 Å². The number of nitrogens with zero attached hydrogens (tertiary/aromatic N) is 2. The molecule has 0 heterocycles. The van der Waals surface area contributed by atoms with Crippen molar-refractivity contribution >= 4 is 52.6 Å². The highest BCUT2D eigenvalue weighted by molar-refractivity contribution is 6.11. The smallest absolute Gasteiger partial charge is 0.334 e. The van der Waals surface area contributed by atoms with Crippen LogP contribution in [0.15, 0.2) is 129 Å². The van der Waals surface area contributed by atoms with E-state index in [2.05, 4.69) is 20.6 Å². The van der Waals surface area contributed by atoms with Gasteiger partial charge in [0.15, 0.2) is 0 Å². The molecule has 4 aliphatic carbocycles. The maximum atomic E-state index is 13.1. The normalized spacial score (nSPS) is 20.4. The summed E-state index contributed by atoms with van der Waals surface area (Å²) in [5.41, 5.74) is 4.07. The molecule has 276 valence electrons. The maximum Gasteiger partial charge on any atom is 0.334 e. The van der Waals surface area contributed by atoms with Gasteiger partial charge in [0.25, 0.3) is 11.8 Å². The van der Waals surface area contributed by atoms with Crippen LogP contribution in [-0.4, -0.2) is 64.6 Å². The molecule has 4 N–H and O–H groups in total. The van der Waals surface area contributed by atoms with E-state index >= 15 is 0 Å². The number of aliphatic hydroxyl groups is 2. The average molecular weight is 731 g/mol. The third-order valence-corrected chi connectivity index (χ3v) is 9.14. The number of rotatable bonds is 8. The lowest BCUT2D eigenvalue weighted by Crippen LogP contribution is -2.21. The first kappa shape index (κ1) is 37.1. The van der Waals surface area contributed by atoms with E-state index in [4.69, 9.17) is 9.47 Å². The third kappa shape index (κ3) is 8.69. The van der Waals surface area contributed by atoms with Crippen molar-refractivity contribution < 1.29 is 43.7 Å². The van der Waals surface area contributed by atoms with Crippen molar-refractivity contribution in [1.82, 2.24) is 0 Å². The Bertz CT molecular complexity index is 2030. The average Bonchev–Trinajstić information content (AvgIpc) is 3.15. The first-order chi connectivity index (χ1) is 26.0. The molecule has 2 aromatic carbocycles. The molecule has 0 radical (unpaired) electrons. The van der Waals surface area contributed by atoms with Crippen molar-refractivity contribution in [2.45, 2.75) is 39.5 Å². The van der Waals surface area contributed by atoms with Crippen molar-refractivity contribution in [3.8, 4) is 0 Å². The highest BCUT2D eigenvalue weighted by Gasteiger charge is 2.30. The van der Waals surface area contributed by atoms with Crippen molar-refractivity contribution in [3.63, 3.8) is 0 Å². The van der Waals surface area contributed by atoms with E-state index in [1.165, 1.54) is 24.3 Å². The van der Waals surface area contributed by atoms with Crippen LogP contribution in [0.5, 0.6) is 0 Å². The minimum Gasteiger partial charge on any atom is -0.508 e. The van der Waals surface area contributed by atoms with Crippen LogP contribution in [0.2, 0.25) is 0 Å². The summed E-state index contributed by atoms with van der Waals surface area (Å²) in [6.45, 7) is 3.89. The number of aliphatic hydroxyl groups excluding tert-OH is 2. The quantitative estimate of drug-likeness (QED) is 0.206. The number of carbonyl (C=O) groups is 5.